The summed E-state index contributed by atoms with van der Waals surface area (Å²) in [4.78, 5) is 16.4. The number of thioether (sulfide) groups is 1. The molecule has 146 valence electrons. The molecule has 0 atom stereocenters. The van der Waals surface area contributed by atoms with Crippen LogP contribution in [0.3, 0.4) is 0 Å². The monoisotopic (exact) mass is 423 g/mol. The predicted octanol–water partition coefficient (Wildman–Crippen LogP) is 4.88. The molecule has 0 aliphatic rings. The minimum absolute atomic E-state index is 0.181. The zero-order chi connectivity index (χ0) is 20.5. The molecule has 2 aromatic carbocycles. The van der Waals surface area contributed by atoms with E-state index in [2.05, 4.69) is 16.4 Å². The lowest BCUT2D eigenvalue weighted by atomic mass is 10.1. The van der Waals surface area contributed by atoms with Crippen molar-refractivity contribution < 1.29 is 9.18 Å². The van der Waals surface area contributed by atoms with Gasteiger partial charge in [-0.3, -0.25) is 4.79 Å². The van der Waals surface area contributed by atoms with Gasteiger partial charge < -0.3 is 5.32 Å². The number of thiazole rings is 1. The van der Waals surface area contributed by atoms with Gasteiger partial charge in [-0.15, -0.1) is 11.3 Å². The van der Waals surface area contributed by atoms with Crippen LogP contribution in [0.15, 0.2) is 60.0 Å². The second-order valence-corrected chi connectivity index (χ2v) is 7.99. The van der Waals surface area contributed by atoms with Crippen LogP contribution in [-0.4, -0.2) is 23.2 Å². The summed E-state index contributed by atoms with van der Waals surface area (Å²) in [5.41, 5.74) is 3.23. The van der Waals surface area contributed by atoms with Crippen molar-refractivity contribution in [1.29, 1.82) is 5.26 Å². The Morgan fingerprint density at radius 3 is 2.83 bits per heavy atom. The van der Waals surface area contributed by atoms with Gasteiger partial charge >= 0.3 is 0 Å². The lowest BCUT2D eigenvalue weighted by molar-refractivity contribution is -0.116. The van der Waals surface area contributed by atoms with Crippen LogP contribution >= 0.6 is 23.1 Å². The van der Waals surface area contributed by atoms with Crippen LogP contribution in [-0.2, 0) is 10.5 Å². The van der Waals surface area contributed by atoms with E-state index in [0.29, 0.717) is 17.8 Å². The first kappa shape index (κ1) is 20.8. The Morgan fingerprint density at radius 1 is 1.24 bits per heavy atom. The van der Waals surface area contributed by atoms with E-state index in [1.165, 1.54) is 29.5 Å². The van der Waals surface area contributed by atoms with Crippen molar-refractivity contribution in [3.8, 4) is 16.6 Å². The maximum Gasteiger partial charge on any atom is 0.244 e. The third kappa shape index (κ3) is 6.28. The smallest absolute Gasteiger partial charge is 0.244 e. The van der Waals surface area contributed by atoms with Crippen molar-refractivity contribution in [2.24, 2.45) is 0 Å². The van der Waals surface area contributed by atoms with Gasteiger partial charge in [-0.25, -0.2) is 9.37 Å². The number of aromatic nitrogens is 1. The third-order valence-corrected chi connectivity index (χ3v) is 5.88. The molecule has 1 aromatic heterocycles. The molecule has 0 fully saturated rings. The lowest BCUT2D eigenvalue weighted by Crippen LogP contribution is -2.23. The molecule has 0 radical (unpaired) electrons. The molecule has 7 heteroatoms. The van der Waals surface area contributed by atoms with Crippen LogP contribution in [0.25, 0.3) is 16.6 Å². The van der Waals surface area contributed by atoms with E-state index >= 15 is 0 Å². The summed E-state index contributed by atoms with van der Waals surface area (Å²) < 4.78 is 13.0. The van der Waals surface area contributed by atoms with E-state index in [9.17, 15) is 9.18 Å². The Balaban J connectivity index is 1.41. The van der Waals surface area contributed by atoms with Crippen LogP contribution in [0.4, 0.5) is 4.39 Å². The van der Waals surface area contributed by atoms with E-state index in [1.807, 2.05) is 29.6 Å². The molecule has 0 bridgehead atoms. The molecule has 0 saturated heterocycles. The Labute approximate surface area is 177 Å². The molecule has 0 spiro atoms. The highest BCUT2D eigenvalue weighted by Gasteiger charge is 2.04. The number of benzene rings is 2. The minimum atomic E-state index is -0.283. The van der Waals surface area contributed by atoms with Gasteiger partial charge in [-0.1, -0.05) is 18.2 Å². The van der Waals surface area contributed by atoms with Gasteiger partial charge in [0.25, 0.3) is 0 Å². The minimum Gasteiger partial charge on any atom is -0.352 e. The van der Waals surface area contributed by atoms with E-state index in [4.69, 9.17) is 5.26 Å². The number of hydrogen-bond acceptors (Lipinski definition) is 5. The number of hydrogen-bond donors (Lipinski definition) is 1. The number of halogens is 1. The molecule has 1 amide bonds. The lowest BCUT2D eigenvalue weighted by Gasteiger charge is -2.04. The number of nitrogens with one attached hydrogen (secondary N) is 1. The maximum atomic E-state index is 13.0. The van der Waals surface area contributed by atoms with E-state index in [-0.39, 0.29) is 11.7 Å². The van der Waals surface area contributed by atoms with Gasteiger partial charge in [0.2, 0.25) is 5.91 Å². The molecule has 1 heterocycles. The average Bonchev–Trinajstić information content (AvgIpc) is 3.22. The van der Waals surface area contributed by atoms with Crippen molar-refractivity contribution in [1.82, 2.24) is 10.3 Å². The summed E-state index contributed by atoms with van der Waals surface area (Å²) in [5, 5.41) is 14.5. The maximum absolute atomic E-state index is 13.0. The summed E-state index contributed by atoms with van der Waals surface area (Å²) >= 11 is 3.11. The second kappa shape index (κ2) is 10.6. The Kier molecular flexibility index (Phi) is 7.56. The van der Waals surface area contributed by atoms with Crippen molar-refractivity contribution in [3.63, 3.8) is 0 Å². The van der Waals surface area contributed by atoms with Crippen LogP contribution in [0.2, 0.25) is 0 Å². The largest absolute Gasteiger partial charge is 0.352 e. The van der Waals surface area contributed by atoms with Crippen LogP contribution in [0, 0.1) is 17.1 Å². The number of nitriles is 1. The quantitative estimate of drug-likeness (QED) is 0.414. The zero-order valence-corrected chi connectivity index (χ0v) is 17.1. The first-order valence-corrected chi connectivity index (χ1v) is 10.9. The summed E-state index contributed by atoms with van der Waals surface area (Å²) in [6.45, 7) is 0.542. The number of carbonyl (C=O) groups excluding carboxylic acids is 1. The average molecular weight is 424 g/mol. The number of nitrogens with zero attached hydrogens (tertiary/aromatic N) is 2. The molecule has 3 aromatic rings. The normalized spacial score (nSPS) is 10.8. The van der Waals surface area contributed by atoms with Gasteiger partial charge in [0.1, 0.15) is 10.8 Å². The molecule has 1 N–H and O–H groups in total. The predicted molar refractivity (Wildman–Crippen MR) is 117 cm³/mol. The van der Waals surface area contributed by atoms with Gasteiger partial charge in [0.15, 0.2) is 0 Å². The van der Waals surface area contributed by atoms with E-state index in [0.717, 1.165) is 27.6 Å². The fourth-order valence-corrected chi connectivity index (χ4v) is 4.15. The molecular weight excluding hydrogens is 405 g/mol. The van der Waals surface area contributed by atoms with Crippen LogP contribution in [0.5, 0.6) is 0 Å². The molecule has 0 aliphatic heterocycles. The highest BCUT2D eigenvalue weighted by Crippen LogP contribution is 2.24. The van der Waals surface area contributed by atoms with Crippen molar-refractivity contribution in [2.45, 2.75) is 5.75 Å². The number of carbonyl (C=O) groups is 1. The standard InChI is InChI=1S/C22H18FN3OS2/c23-19-7-5-16(6-8-19)22-26-20(15-29-22)9-10-21(27)25-11-12-28-14-18-4-2-1-3-17(18)13-24/h1-10,15H,11-12,14H2,(H,25,27)/b10-9+. The van der Waals surface area contributed by atoms with Crippen molar-refractivity contribution >= 4 is 35.1 Å². The summed E-state index contributed by atoms with van der Waals surface area (Å²) in [5.74, 6) is 1.03. The summed E-state index contributed by atoms with van der Waals surface area (Å²) in [6, 6.07) is 15.9. The molecular formula is C22H18FN3OS2. The molecule has 0 saturated carbocycles. The van der Waals surface area contributed by atoms with E-state index in [1.54, 1.807) is 30.0 Å². The van der Waals surface area contributed by atoms with E-state index < -0.39 is 0 Å². The topological polar surface area (TPSA) is 65.8 Å². The molecule has 3 rings (SSSR count). The SMILES string of the molecule is N#Cc1ccccc1CSCCNC(=O)/C=C/c1csc(-c2ccc(F)cc2)n1. The molecule has 4 nitrogen and oxygen atoms in total. The summed E-state index contributed by atoms with van der Waals surface area (Å²) in [7, 11) is 0. The zero-order valence-electron chi connectivity index (χ0n) is 15.5. The van der Waals surface area contributed by atoms with Crippen LogP contribution in [0.1, 0.15) is 16.8 Å². The Hall–Kier alpha value is -2.95. The molecule has 0 unspecified atom stereocenters. The van der Waals surface area contributed by atoms with Gasteiger partial charge in [-0.2, -0.15) is 17.0 Å². The van der Waals surface area contributed by atoms with Gasteiger partial charge in [-0.05, 0) is 42.0 Å². The number of amides is 1. The number of rotatable bonds is 8. The van der Waals surface area contributed by atoms with Crippen molar-refractivity contribution in [2.75, 3.05) is 12.3 Å². The first-order chi connectivity index (χ1) is 14.2. The molecule has 29 heavy (non-hydrogen) atoms. The molecule has 0 aliphatic carbocycles. The Morgan fingerprint density at radius 2 is 2.03 bits per heavy atom. The third-order valence-electron chi connectivity index (χ3n) is 3.96. The first-order valence-electron chi connectivity index (χ1n) is 8.89. The fourth-order valence-electron chi connectivity index (χ4n) is 2.49. The highest BCUT2D eigenvalue weighted by molar-refractivity contribution is 7.98. The van der Waals surface area contributed by atoms with Crippen LogP contribution < -0.4 is 5.32 Å². The van der Waals surface area contributed by atoms with Gasteiger partial charge in [0.05, 0.1) is 17.3 Å². The second-order valence-electron chi connectivity index (χ2n) is 6.03. The Bertz CT molecular complexity index is 1040. The van der Waals surface area contributed by atoms with Gasteiger partial charge in [0, 0.05) is 35.1 Å². The fraction of sp³-hybridized carbons (Fsp3) is 0.136. The summed E-state index contributed by atoms with van der Waals surface area (Å²) in [6.07, 6.45) is 3.12. The van der Waals surface area contributed by atoms with Crippen molar-refractivity contribution in [3.05, 3.63) is 82.6 Å². The highest BCUT2D eigenvalue weighted by atomic mass is 32.2.